The Kier molecular flexibility index (Phi) is 35.7. The standard InChI is InChI=1S/C82H108N16O20S2/c1-44(86-45(2)100)69(107)94-62(41-99)77(115)92-60(39-67(104)105)75(113)95-63(42-119)78(116)90-58(36-52-22-14-21-50-19-12-13-23-53(50)52)73(111)93-61(40-81(3,4)5)76(114)89-55(34-47-26-29-85-30-27-47)70(108)88-56(35-48-24-25-49-18-10-11-20-51(49)32-48)71(109)91-59(37-65(83)101)74(112)96-64(43-120)79(117)98-31-15-28-82(98,6)80(118)97-57(33-46-16-8-7-9-17-46)72(110)87-54(68(84)106)38-66(102)103/h7-14,16-25,32,44,47,54-64,85,99,119-120H,15,26-31,33-43H2,1-6H3,(H2,83,101)(H2,84,106)(H,86,100)(H,87,110)(H,88,108)(H,89,114)(H,90,116)(H,91,109)(H,92,115)(H,93,111)(H,94,107)(H,95,113)(H,96,112)(H,97,118)(H,102,103)(H,104,105)/t44-,54+,55+,56+,57+,58+,59+,60+,61+,62+,63+,64+,82+/m1/s1. The molecule has 13 atom stereocenters. The van der Waals surface area contributed by atoms with Crippen molar-refractivity contribution in [2.75, 3.05) is 37.7 Å². The summed E-state index contributed by atoms with van der Waals surface area (Å²) in [5, 5.41) is 65.9. The van der Waals surface area contributed by atoms with E-state index in [0.717, 1.165) is 23.1 Å². The van der Waals surface area contributed by atoms with Crippen molar-refractivity contribution in [1.82, 2.24) is 74.0 Å². The Balaban J connectivity index is 1.16. The van der Waals surface area contributed by atoms with Crippen LogP contribution in [0.2, 0.25) is 0 Å². The molecule has 5 aromatic rings. The lowest BCUT2D eigenvalue weighted by atomic mass is 9.87. The number of benzene rings is 5. The van der Waals surface area contributed by atoms with Crippen molar-refractivity contribution >= 4 is 147 Å². The Labute approximate surface area is 703 Å². The highest BCUT2D eigenvalue weighted by Gasteiger charge is 2.49. The van der Waals surface area contributed by atoms with Crippen molar-refractivity contribution in [3.8, 4) is 0 Å². The Bertz CT molecular complexity index is 4580. The van der Waals surface area contributed by atoms with E-state index >= 15 is 19.2 Å². The molecule has 36 nitrogen and oxygen atoms in total. The third kappa shape index (κ3) is 28.5. The van der Waals surface area contributed by atoms with E-state index in [1.807, 2.05) is 30.3 Å². The second kappa shape index (κ2) is 44.9. The molecule has 0 aliphatic carbocycles. The minimum Gasteiger partial charge on any atom is -0.481 e. The molecule has 2 saturated heterocycles. The van der Waals surface area contributed by atoms with Crippen molar-refractivity contribution in [3.05, 3.63) is 132 Å². The van der Waals surface area contributed by atoms with Crippen LogP contribution in [0, 0.1) is 11.3 Å². The molecule has 20 N–H and O–H groups in total. The number of primary amides is 2. The van der Waals surface area contributed by atoms with Gasteiger partial charge in [0.05, 0.1) is 25.9 Å². The topological polar surface area (TPSA) is 563 Å². The summed E-state index contributed by atoms with van der Waals surface area (Å²) in [6.45, 7) is 9.16. The third-order valence-electron chi connectivity index (χ3n) is 20.6. The number of thiol groups is 2. The number of likely N-dealkylation sites (tertiary alicyclic amines) is 1. The number of piperidine rings is 1. The molecule has 2 heterocycles. The fourth-order valence-electron chi connectivity index (χ4n) is 14.2. The maximum absolute atomic E-state index is 15.5. The predicted octanol–water partition coefficient (Wildman–Crippen LogP) is -1.75. The van der Waals surface area contributed by atoms with Crippen LogP contribution < -0.4 is 80.6 Å². The zero-order valence-electron chi connectivity index (χ0n) is 67.5. The summed E-state index contributed by atoms with van der Waals surface area (Å²) in [5.74, 6) is -19.0. The van der Waals surface area contributed by atoms with Gasteiger partial charge < -0.3 is 101 Å². The molecule has 2 aliphatic rings. The Morgan fingerprint density at radius 1 is 0.492 bits per heavy atom. The minimum absolute atomic E-state index is 0.0235. The number of carbonyl (C=O) groups is 17. The van der Waals surface area contributed by atoms with Crippen molar-refractivity contribution in [2.24, 2.45) is 22.8 Å². The van der Waals surface area contributed by atoms with Gasteiger partial charge in [-0.1, -0.05) is 136 Å². The number of aliphatic hydroxyl groups excluding tert-OH is 1. The normalized spacial score (nSPS) is 17.1. The van der Waals surface area contributed by atoms with Crippen LogP contribution in [-0.2, 0) is 101 Å². The quantitative estimate of drug-likeness (QED) is 0.0192. The molecule has 0 aromatic heterocycles. The molecule has 648 valence electrons. The monoisotopic (exact) mass is 1700 g/mol. The van der Waals surface area contributed by atoms with Gasteiger partial charge in [0.25, 0.3) is 0 Å². The summed E-state index contributed by atoms with van der Waals surface area (Å²) in [4.78, 5) is 236. The number of amides is 15. The van der Waals surface area contributed by atoms with Gasteiger partial charge in [0.15, 0.2) is 0 Å². The van der Waals surface area contributed by atoms with Crippen LogP contribution in [0.25, 0.3) is 21.5 Å². The van der Waals surface area contributed by atoms with Crippen LogP contribution >= 0.6 is 25.3 Å². The molecular weight excluding hydrogens is 1590 g/mol. The molecular formula is C82H108N16O20S2. The molecule has 38 heteroatoms. The maximum atomic E-state index is 15.5. The average molecular weight is 1700 g/mol. The third-order valence-corrected chi connectivity index (χ3v) is 21.3. The highest BCUT2D eigenvalue weighted by Crippen LogP contribution is 2.31. The van der Waals surface area contributed by atoms with Crippen LogP contribution in [-0.4, -0.2) is 237 Å². The first-order valence-electron chi connectivity index (χ1n) is 39.3. The maximum Gasteiger partial charge on any atom is 0.305 e. The molecule has 0 unspecified atom stereocenters. The van der Waals surface area contributed by atoms with E-state index in [1.165, 1.54) is 18.7 Å². The van der Waals surface area contributed by atoms with Crippen molar-refractivity contribution in [1.29, 1.82) is 0 Å². The molecule has 0 saturated carbocycles. The van der Waals surface area contributed by atoms with Gasteiger partial charge in [0.1, 0.15) is 78.0 Å². The van der Waals surface area contributed by atoms with Crippen LogP contribution in [0.1, 0.15) is 116 Å². The number of nitrogens with zero attached hydrogens (tertiary/aromatic N) is 1. The zero-order valence-corrected chi connectivity index (χ0v) is 69.3. The number of carboxylic acid groups (broad SMARTS) is 2. The first-order chi connectivity index (χ1) is 56.8. The van der Waals surface area contributed by atoms with Gasteiger partial charge in [0, 0.05) is 44.2 Å². The fourth-order valence-corrected chi connectivity index (χ4v) is 14.7. The van der Waals surface area contributed by atoms with Crippen molar-refractivity contribution in [3.63, 3.8) is 0 Å². The van der Waals surface area contributed by atoms with E-state index in [-0.39, 0.29) is 57.4 Å². The molecule has 7 rings (SSSR count). The van der Waals surface area contributed by atoms with Gasteiger partial charge >= 0.3 is 11.9 Å². The number of aliphatic hydroxyl groups is 1. The highest BCUT2D eigenvalue weighted by atomic mass is 32.1. The Morgan fingerprint density at radius 2 is 0.950 bits per heavy atom. The van der Waals surface area contributed by atoms with Crippen molar-refractivity contribution < 1.29 is 96.8 Å². The van der Waals surface area contributed by atoms with E-state index < -0.39 is 221 Å². The lowest BCUT2D eigenvalue weighted by Gasteiger charge is -2.37. The zero-order chi connectivity index (χ0) is 88.3. The van der Waals surface area contributed by atoms with E-state index in [0.29, 0.717) is 48.0 Å². The smallest absolute Gasteiger partial charge is 0.305 e. The summed E-state index contributed by atoms with van der Waals surface area (Å²) in [7, 11) is 0. The predicted molar refractivity (Wildman–Crippen MR) is 446 cm³/mol. The van der Waals surface area contributed by atoms with Gasteiger partial charge in [-0.2, -0.15) is 25.3 Å². The van der Waals surface area contributed by atoms with E-state index in [2.05, 4.69) is 94.4 Å². The van der Waals surface area contributed by atoms with Gasteiger partial charge in [-0.15, -0.1) is 0 Å². The van der Waals surface area contributed by atoms with Crippen LogP contribution in [0.4, 0.5) is 0 Å². The highest BCUT2D eigenvalue weighted by molar-refractivity contribution is 7.80. The molecule has 5 aromatic carbocycles. The molecule has 0 radical (unpaired) electrons. The number of carbonyl (C=O) groups excluding carboxylic acids is 15. The number of rotatable bonds is 43. The average Bonchev–Trinajstić information content (AvgIpc) is 1.61. The van der Waals surface area contributed by atoms with E-state index in [1.54, 1.807) is 106 Å². The SMILES string of the molecule is CC(=O)N[C@H](C)C(=O)N[C@@H](CO)C(=O)N[C@@H](CC(=O)O)C(=O)N[C@@H](CS)C(=O)N[C@@H](Cc1cccc2ccccc12)C(=O)N[C@@H](CC(C)(C)C)C(=O)N[C@@H](CC1CCNCC1)C(=O)N[C@@H](Cc1ccc2ccccc2c1)C(=O)N[C@@H](CC(N)=O)C(=O)N[C@@H](CS)C(=O)N1CCC[C@@]1(C)C(=O)N[C@@H](Cc1ccccc1)C(=O)N[C@@H](CC(=O)O)C(N)=O. The number of hydrogen-bond acceptors (Lipinski definition) is 21. The molecule has 2 fully saturated rings. The largest absolute Gasteiger partial charge is 0.481 e. The first kappa shape index (κ1) is 95.4. The number of aliphatic carboxylic acids is 2. The van der Waals surface area contributed by atoms with Crippen molar-refractivity contribution in [2.45, 2.75) is 197 Å². The summed E-state index contributed by atoms with van der Waals surface area (Å²) in [6, 6.07) is 14.0. The second-order valence-corrected chi connectivity index (χ2v) is 32.1. The second-order valence-electron chi connectivity index (χ2n) is 31.4. The number of nitrogens with one attached hydrogen (secondary N) is 13. The Hall–Kier alpha value is -11.8. The number of nitrogens with two attached hydrogens (primary N) is 2. The van der Waals surface area contributed by atoms with Gasteiger partial charge in [0.2, 0.25) is 88.6 Å². The van der Waals surface area contributed by atoms with Gasteiger partial charge in [-0.05, 0) is 115 Å². The van der Waals surface area contributed by atoms with E-state index in [4.69, 9.17) is 11.5 Å². The van der Waals surface area contributed by atoms with Gasteiger partial charge in [-0.25, -0.2) is 0 Å². The summed E-state index contributed by atoms with van der Waals surface area (Å²) < 4.78 is 0. The number of carboxylic acids is 2. The van der Waals surface area contributed by atoms with Crippen LogP contribution in [0.15, 0.2) is 115 Å². The molecule has 0 spiro atoms. The molecule has 15 amide bonds. The first-order valence-corrected chi connectivity index (χ1v) is 40.5. The summed E-state index contributed by atoms with van der Waals surface area (Å²) >= 11 is 8.71. The van der Waals surface area contributed by atoms with Crippen LogP contribution in [0.3, 0.4) is 0 Å². The number of fused-ring (bicyclic) bond motifs is 2. The molecule has 120 heavy (non-hydrogen) atoms. The molecule has 2 aliphatic heterocycles. The van der Waals surface area contributed by atoms with Crippen LogP contribution in [0.5, 0.6) is 0 Å². The van der Waals surface area contributed by atoms with E-state index in [9.17, 15) is 77.6 Å². The lowest BCUT2D eigenvalue weighted by molar-refractivity contribution is -0.147. The fraction of sp³-hybridized carbons (Fsp3) is 0.476. The lowest BCUT2D eigenvalue weighted by Crippen LogP contribution is -2.64. The Morgan fingerprint density at radius 3 is 1.53 bits per heavy atom. The van der Waals surface area contributed by atoms with Gasteiger partial charge in [-0.3, -0.25) is 81.5 Å². The number of hydrogen-bond donors (Lipinski definition) is 20. The summed E-state index contributed by atoms with van der Waals surface area (Å²) in [5.41, 5.74) is 10.3. The molecule has 0 bridgehead atoms. The minimum atomic E-state index is -1.95. The summed E-state index contributed by atoms with van der Waals surface area (Å²) in [6.07, 6.45) is -2.33.